The van der Waals surface area contributed by atoms with Crippen molar-refractivity contribution in [2.24, 2.45) is 0 Å². The number of ether oxygens (including phenoxy) is 1. The number of methoxy groups -OCH3 is 1. The number of hydrogen-bond acceptors (Lipinski definition) is 3. The van der Waals surface area contributed by atoms with Crippen LogP contribution in [-0.4, -0.2) is 37.6 Å². The quantitative estimate of drug-likeness (QED) is 0.744. The second kappa shape index (κ2) is 9.55. The molecule has 0 heterocycles. The molecule has 0 spiro atoms. The highest BCUT2D eigenvalue weighted by Crippen LogP contribution is 2.23. The van der Waals surface area contributed by atoms with Gasteiger partial charge >= 0.3 is 0 Å². The first-order valence-corrected chi connectivity index (χ1v) is 8.99. The number of carbonyl (C=O) groups excluding carboxylic acids is 1. The Morgan fingerprint density at radius 2 is 1.85 bits per heavy atom. The maximum absolute atomic E-state index is 14.0. The summed E-state index contributed by atoms with van der Waals surface area (Å²) in [5, 5.41) is 2.92. The molecule has 0 saturated heterocycles. The van der Waals surface area contributed by atoms with Gasteiger partial charge in [0.25, 0.3) is 5.91 Å². The van der Waals surface area contributed by atoms with Gasteiger partial charge in [-0.25, -0.2) is 4.39 Å². The summed E-state index contributed by atoms with van der Waals surface area (Å²) in [6.07, 6.45) is 0. The van der Waals surface area contributed by atoms with E-state index in [-0.39, 0.29) is 16.6 Å². The number of likely N-dealkylation sites (N-methyl/N-ethyl adjacent to an activating group) is 1. The molecule has 2 aromatic rings. The number of nitrogens with zero attached hydrogens (tertiary/aromatic N) is 1. The molecule has 0 fully saturated rings. The summed E-state index contributed by atoms with van der Waals surface area (Å²) in [7, 11) is 1.62. The third-order valence-electron chi connectivity index (χ3n) is 4.40. The third-order valence-corrected chi connectivity index (χ3v) is 4.71. The number of amides is 1. The predicted molar refractivity (Wildman–Crippen MR) is 102 cm³/mol. The van der Waals surface area contributed by atoms with Crippen molar-refractivity contribution in [1.82, 2.24) is 10.2 Å². The molecule has 0 aromatic heterocycles. The molecular formula is C20H24ClFN2O2. The first kappa shape index (κ1) is 20.2. The van der Waals surface area contributed by atoms with E-state index in [0.717, 1.165) is 24.4 Å². The average molecular weight is 379 g/mol. The van der Waals surface area contributed by atoms with Gasteiger partial charge in [0, 0.05) is 6.54 Å². The standard InChI is InChI=1S/C20H24ClFN2O2/c1-4-24(5-2)18(14-9-11-15(26-3)12-10-14)13-23-20(25)19-16(21)7-6-8-17(19)22/h6-12,18H,4-5,13H2,1-3H3,(H,23,25). The Morgan fingerprint density at radius 3 is 2.38 bits per heavy atom. The molecule has 1 unspecified atom stereocenters. The van der Waals surface area contributed by atoms with Crippen LogP contribution in [-0.2, 0) is 0 Å². The maximum atomic E-state index is 14.0. The molecule has 0 aliphatic rings. The summed E-state index contributed by atoms with van der Waals surface area (Å²) in [6, 6.07) is 11.9. The van der Waals surface area contributed by atoms with E-state index in [0.29, 0.717) is 6.54 Å². The highest BCUT2D eigenvalue weighted by Gasteiger charge is 2.21. The summed E-state index contributed by atoms with van der Waals surface area (Å²) in [6.45, 7) is 6.12. The van der Waals surface area contributed by atoms with E-state index in [2.05, 4.69) is 24.1 Å². The van der Waals surface area contributed by atoms with Gasteiger partial charge in [0.05, 0.1) is 23.7 Å². The average Bonchev–Trinajstić information content (AvgIpc) is 2.65. The topological polar surface area (TPSA) is 41.6 Å². The van der Waals surface area contributed by atoms with Gasteiger partial charge in [-0.05, 0) is 42.9 Å². The van der Waals surface area contributed by atoms with Crippen molar-refractivity contribution in [3.63, 3.8) is 0 Å². The van der Waals surface area contributed by atoms with Gasteiger partial charge in [-0.2, -0.15) is 0 Å². The Bertz CT molecular complexity index is 713. The minimum Gasteiger partial charge on any atom is -0.497 e. The lowest BCUT2D eigenvalue weighted by Crippen LogP contribution is -2.38. The molecule has 6 heteroatoms. The van der Waals surface area contributed by atoms with E-state index in [4.69, 9.17) is 16.3 Å². The highest BCUT2D eigenvalue weighted by atomic mass is 35.5. The van der Waals surface area contributed by atoms with Crippen LogP contribution in [0.2, 0.25) is 5.02 Å². The number of nitrogens with one attached hydrogen (secondary N) is 1. The van der Waals surface area contributed by atoms with Crippen LogP contribution in [0.5, 0.6) is 5.75 Å². The van der Waals surface area contributed by atoms with Gasteiger partial charge in [-0.15, -0.1) is 0 Å². The van der Waals surface area contributed by atoms with Crippen molar-refractivity contribution in [3.05, 3.63) is 64.4 Å². The predicted octanol–water partition coefficient (Wildman–Crippen LogP) is 4.30. The Labute approximate surface area is 158 Å². The van der Waals surface area contributed by atoms with Gasteiger partial charge in [-0.1, -0.05) is 43.6 Å². The van der Waals surface area contributed by atoms with E-state index in [1.165, 1.54) is 18.2 Å². The van der Waals surface area contributed by atoms with Crippen molar-refractivity contribution >= 4 is 17.5 Å². The van der Waals surface area contributed by atoms with Crippen LogP contribution in [0.1, 0.15) is 35.8 Å². The van der Waals surface area contributed by atoms with Gasteiger partial charge in [0.2, 0.25) is 0 Å². The zero-order chi connectivity index (χ0) is 19.1. The van der Waals surface area contributed by atoms with Gasteiger partial charge in [0.1, 0.15) is 11.6 Å². The van der Waals surface area contributed by atoms with Crippen LogP contribution in [0.4, 0.5) is 4.39 Å². The van der Waals surface area contributed by atoms with E-state index in [9.17, 15) is 9.18 Å². The maximum Gasteiger partial charge on any atom is 0.255 e. The molecule has 0 radical (unpaired) electrons. The molecular weight excluding hydrogens is 355 g/mol. The summed E-state index contributed by atoms with van der Waals surface area (Å²) in [4.78, 5) is 14.7. The first-order valence-electron chi connectivity index (χ1n) is 8.62. The molecule has 140 valence electrons. The lowest BCUT2D eigenvalue weighted by molar-refractivity contribution is 0.0931. The number of rotatable bonds is 8. The van der Waals surface area contributed by atoms with Gasteiger partial charge < -0.3 is 10.1 Å². The second-order valence-corrected chi connectivity index (χ2v) is 6.22. The van der Waals surface area contributed by atoms with Crippen LogP contribution in [0, 0.1) is 5.82 Å². The normalized spacial score (nSPS) is 12.1. The molecule has 2 rings (SSSR count). The molecule has 0 saturated carbocycles. The molecule has 26 heavy (non-hydrogen) atoms. The minimum absolute atomic E-state index is 0.0367. The molecule has 0 bridgehead atoms. The van der Waals surface area contributed by atoms with E-state index >= 15 is 0 Å². The van der Waals surface area contributed by atoms with Crippen molar-refractivity contribution in [2.45, 2.75) is 19.9 Å². The molecule has 0 aliphatic heterocycles. The summed E-state index contributed by atoms with van der Waals surface area (Å²) >= 11 is 5.98. The van der Waals surface area contributed by atoms with Crippen LogP contribution >= 0.6 is 11.6 Å². The van der Waals surface area contributed by atoms with Crippen LogP contribution in [0.3, 0.4) is 0 Å². The van der Waals surface area contributed by atoms with Crippen molar-refractivity contribution in [2.75, 3.05) is 26.7 Å². The third kappa shape index (κ3) is 4.74. The Morgan fingerprint density at radius 1 is 1.19 bits per heavy atom. The number of hydrogen-bond donors (Lipinski definition) is 1. The SMILES string of the molecule is CCN(CC)C(CNC(=O)c1c(F)cccc1Cl)c1ccc(OC)cc1. The van der Waals surface area contributed by atoms with Crippen molar-refractivity contribution < 1.29 is 13.9 Å². The smallest absolute Gasteiger partial charge is 0.255 e. The number of halogens is 2. The fraction of sp³-hybridized carbons (Fsp3) is 0.350. The summed E-state index contributed by atoms with van der Waals surface area (Å²) in [5.41, 5.74) is 0.927. The zero-order valence-corrected chi connectivity index (χ0v) is 16.0. The monoisotopic (exact) mass is 378 g/mol. The highest BCUT2D eigenvalue weighted by molar-refractivity contribution is 6.33. The van der Waals surface area contributed by atoms with Crippen molar-refractivity contribution in [1.29, 1.82) is 0 Å². The molecule has 4 nitrogen and oxygen atoms in total. The second-order valence-electron chi connectivity index (χ2n) is 5.82. The van der Waals surface area contributed by atoms with E-state index in [1.807, 2.05) is 24.3 Å². The largest absolute Gasteiger partial charge is 0.497 e. The minimum atomic E-state index is -0.626. The van der Waals surface area contributed by atoms with Gasteiger partial charge in [-0.3, -0.25) is 9.69 Å². The Hall–Kier alpha value is -2.11. The van der Waals surface area contributed by atoms with E-state index < -0.39 is 11.7 Å². The molecule has 1 atom stereocenters. The zero-order valence-electron chi connectivity index (χ0n) is 15.3. The lowest BCUT2D eigenvalue weighted by Gasteiger charge is -2.30. The van der Waals surface area contributed by atoms with Crippen LogP contribution in [0.25, 0.3) is 0 Å². The number of carbonyl (C=O) groups is 1. The molecule has 1 amide bonds. The number of benzene rings is 2. The molecule has 2 aromatic carbocycles. The van der Waals surface area contributed by atoms with Crippen LogP contribution < -0.4 is 10.1 Å². The first-order chi connectivity index (χ1) is 12.5. The Balaban J connectivity index is 2.20. The van der Waals surface area contributed by atoms with Crippen molar-refractivity contribution in [3.8, 4) is 5.75 Å². The fourth-order valence-electron chi connectivity index (χ4n) is 2.94. The van der Waals surface area contributed by atoms with E-state index in [1.54, 1.807) is 7.11 Å². The lowest BCUT2D eigenvalue weighted by atomic mass is 10.0. The van der Waals surface area contributed by atoms with Gasteiger partial charge in [0.15, 0.2) is 0 Å². The molecule has 1 N–H and O–H groups in total. The summed E-state index contributed by atoms with van der Waals surface area (Å²) < 4.78 is 19.2. The van der Waals surface area contributed by atoms with Crippen LogP contribution in [0.15, 0.2) is 42.5 Å². The summed E-state index contributed by atoms with van der Waals surface area (Å²) in [5.74, 6) is -0.369. The Kier molecular flexibility index (Phi) is 7.42. The molecule has 0 aliphatic carbocycles. The fourth-order valence-corrected chi connectivity index (χ4v) is 3.19.